The van der Waals surface area contributed by atoms with Crippen molar-refractivity contribution in [3.63, 3.8) is 0 Å². The molecular weight excluding hydrogens is 210 g/mol. The van der Waals surface area contributed by atoms with Crippen LogP contribution in [0, 0.1) is 0 Å². The Hall–Kier alpha value is -1.64. The number of halogens is 2. The first-order valence-corrected chi connectivity index (χ1v) is 4.09. The highest BCUT2D eigenvalue weighted by atomic mass is 19.3. The molecule has 0 saturated carbocycles. The number of aromatic nitrogens is 4. The fraction of sp³-hybridized carbons (Fsp3) is 0.667. The molecular formula is C6H10F2N6O. The van der Waals surface area contributed by atoms with Crippen LogP contribution in [0.15, 0.2) is 6.33 Å². The summed E-state index contributed by atoms with van der Waals surface area (Å²) >= 11 is 0. The third-order valence-electron chi connectivity index (χ3n) is 1.54. The number of amides is 1. The average Bonchev–Trinajstić information content (AvgIpc) is 2.68. The van der Waals surface area contributed by atoms with Crippen molar-refractivity contribution in [3.05, 3.63) is 6.33 Å². The Labute approximate surface area is 83.6 Å². The third-order valence-corrected chi connectivity index (χ3v) is 1.54. The van der Waals surface area contributed by atoms with E-state index in [0.717, 1.165) is 4.68 Å². The van der Waals surface area contributed by atoms with Gasteiger partial charge in [-0.25, -0.2) is 13.5 Å². The number of tetrazole rings is 1. The molecule has 0 aliphatic heterocycles. The van der Waals surface area contributed by atoms with Crippen molar-refractivity contribution in [1.82, 2.24) is 25.5 Å². The molecule has 0 radical (unpaired) electrons. The summed E-state index contributed by atoms with van der Waals surface area (Å²) in [6, 6.07) is 0. The second-order valence-corrected chi connectivity index (χ2v) is 2.84. The Bertz CT molecular complexity index is 313. The minimum Gasteiger partial charge on any atom is -0.348 e. The average molecular weight is 220 g/mol. The largest absolute Gasteiger partial charge is 0.348 e. The fourth-order valence-corrected chi connectivity index (χ4v) is 0.756. The van der Waals surface area contributed by atoms with Crippen molar-refractivity contribution in [2.24, 2.45) is 5.73 Å². The number of alkyl halides is 2. The number of hydrogen-bond acceptors (Lipinski definition) is 5. The Balaban J connectivity index is 2.31. The first kappa shape index (κ1) is 11.4. The van der Waals surface area contributed by atoms with Gasteiger partial charge in [-0.15, -0.1) is 5.10 Å². The molecule has 0 bridgehead atoms. The number of nitrogens with one attached hydrogen (secondary N) is 1. The molecule has 7 nitrogen and oxygen atoms in total. The van der Waals surface area contributed by atoms with Gasteiger partial charge in [0.15, 0.2) is 0 Å². The number of nitrogens with two attached hydrogens (primary N) is 1. The predicted octanol–water partition coefficient (Wildman–Crippen LogP) is -1.62. The van der Waals surface area contributed by atoms with Crippen molar-refractivity contribution >= 4 is 5.91 Å². The van der Waals surface area contributed by atoms with Crippen LogP contribution >= 0.6 is 0 Å². The van der Waals surface area contributed by atoms with Gasteiger partial charge >= 0.3 is 0 Å². The van der Waals surface area contributed by atoms with Gasteiger partial charge in [-0.1, -0.05) is 0 Å². The van der Waals surface area contributed by atoms with Gasteiger partial charge in [0.2, 0.25) is 5.91 Å². The van der Waals surface area contributed by atoms with Crippen LogP contribution < -0.4 is 11.1 Å². The lowest BCUT2D eigenvalue weighted by molar-refractivity contribution is -0.123. The second kappa shape index (κ2) is 4.73. The van der Waals surface area contributed by atoms with Crippen LogP contribution in [0.4, 0.5) is 8.78 Å². The van der Waals surface area contributed by atoms with Gasteiger partial charge < -0.3 is 11.1 Å². The highest BCUT2D eigenvalue weighted by molar-refractivity contribution is 5.75. The predicted molar refractivity (Wildman–Crippen MR) is 44.8 cm³/mol. The van der Waals surface area contributed by atoms with E-state index in [2.05, 4.69) is 15.5 Å². The van der Waals surface area contributed by atoms with E-state index in [4.69, 9.17) is 5.73 Å². The molecule has 1 aromatic rings. The minimum absolute atomic E-state index is 0.201. The van der Waals surface area contributed by atoms with E-state index in [9.17, 15) is 13.6 Å². The molecule has 0 aliphatic rings. The summed E-state index contributed by atoms with van der Waals surface area (Å²) in [4.78, 5) is 11.1. The number of rotatable bonds is 5. The molecule has 0 aromatic carbocycles. The van der Waals surface area contributed by atoms with Crippen molar-refractivity contribution in [1.29, 1.82) is 0 Å². The minimum atomic E-state index is -3.09. The molecule has 1 rings (SSSR count). The van der Waals surface area contributed by atoms with Gasteiger partial charge in [-0.2, -0.15) is 0 Å². The lowest BCUT2D eigenvalue weighted by atomic mass is 10.3. The van der Waals surface area contributed by atoms with E-state index >= 15 is 0 Å². The zero-order valence-electron chi connectivity index (χ0n) is 7.73. The Morgan fingerprint density at radius 1 is 1.60 bits per heavy atom. The topological polar surface area (TPSA) is 98.7 Å². The van der Waals surface area contributed by atoms with Crippen LogP contribution in [0.5, 0.6) is 0 Å². The molecule has 0 saturated heterocycles. The normalized spacial score (nSPS) is 11.4. The van der Waals surface area contributed by atoms with Gasteiger partial charge in [0.05, 0.1) is 13.1 Å². The van der Waals surface area contributed by atoms with E-state index in [-0.39, 0.29) is 6.54 Å². The summed E-state index contributed by atoms with van der Waals surface area (Å²) in [6.45, 7) is -1.80. The molecule has 0 atom stereocenters. The zero-order valence-corrected chi connectivity index (χ0v) is 7.73. The van der Waals surface area contributed by atoms with Crippen molar-refractivity contribution in [2.45, 2.75) is 12.5 Å². The van der Waals surface area contributed by atoms with E-state index in [1.54, 1.807) is 0 Å². The Morgan fingerprint density at radius 2 is 2.33 bits per heavy atom. The molecule has 1 amide bonds. The number of carbonyl (C=O) groups excluding carboxylic acids is 1. The molecule has 15 heavy (non-hydrogen) atoms. The Kier molecular flexibility index (Phi) is 3.61. The summed E-state index contributed by atoms with van der Waals surface area (Å²) in [5, 5.41) is 12.0. The fourth-order valence-electron chi connectivity index (χ4n) is 0.756. The number of nitrogens with zero attached hydrogens (tertiary/aromatic N) is 4. The summed E-state index contributed by atoms with van der Waals surface area (Å²) < 4.78 is 26.3. The monoisotopic (exact) mass is 220 g/mol. The molecule has 0 unspecified atom stereocenters. The molecule has 1 heterocycles. The summed E-state index contributed by atoms with van der Waals surface area (Å²) in [5.41, 5.74) is 4.79. The highest BCUT2D eigenvalue weighted by Gasteiger charge is 2.27. The molecule has 3 N–H and O–H groups in total. The van der Waals surface area contributed by atoms with Crippen LogP contribution in [0.3, 0.4) is 0 Å². The van der Waals surface area contributed by atoms with E-state index in [1.165, 1.54) is 6.33 Å². The molecule has 9 heteroatoms. The van der Waals surface area contributed by atoms with Crippen molar-refractivity contribution in [2.75, 3.05) is 13.1 Å². The summed E-state index contributed by atoms with van der Waals surface area (Å²) in [6.07, 6.45) is 1.21. The quantitative estimate of drug-likeness (QED) is 0.621. The molecule has 0 spiro atoms. The van der Waals surface area contributed by atoms with E-state index in [1.807, 2.05) is 5.32 Å². The van der Waals surface area contributed by atoms with Crippen molar-refractivity contribution < 1.29 is 13.6 Å². The molecule has 0 fully saturated rings. The maximum atomic E-state index is 12.6. The molecule has 0 aliphatic carbocycles. The first-order valence-electron chi connectivity index (χ1n) is 4.09. The molecule has 84 valence electrons. The standard InChI is InChI=1S/C6H10F2N6O/c7-6(8,2-9)3-10-5(15)1-14-4-11-12-13-14/h4H,1-3,9H2,(H,10,15). The lowest BCUT2D eigenvalue weighted by Crippen LogP contribution is -2.42. The van der Waals surface area contributed by atoms with Gasteiger partial charge in [0.25, 0.3) is 5.92 Å². The van der Waals surface area contributed by atoms with Crippen LogP contribution in [-0.4, -0.2) is 45.1 Å². The molecule has 1 aromatic heterocycles. The number of carbonyl (C=O) groups is 1. The van der Waals surface area contributed by atoms with Crippen molar-refractivity contribution in [3.8, 4) is 0 Å². The van der Waals surface area contributed by atoms with Crippen LogP contribution in [-0.2, 0) is 11.3 Å². The van der Waals surface area contributed by atoms with Gasteiger partial charge in [0.1, 0.15) is 12.9 Å². The summed E-state index contributed by atoms with van der Waals surface area (Å²) in [5.74, 6) is -3.69. The summed E-state index contributed by atoms with van der Waals surface area (Å²) in [7, 11) is 0. The number of hydrogen-bond donors (Lipinski definition) is 2. The van der Waals surface area contributed by atoms with Crippen LogP contribution in [0.2, 0.25) is 0 Å². The van der Waals surface area contributed by atoms with Gasteiger partial charge in [-0.3, -0.25) is 4.79 Å². The van der Waals surface area contributed by atoms with Crippen LogP contribution in [0.1, 0.15) is 0 Å². The second-order valence-electron chi connectivity index (χ2n) is 2.84. The third kappa shape index (κ3) is 3.94. The van der Waals surface area contributed by atoms with E-state index in [0.29, 0.717) is 0 Å². The smallest absolute Gasteiger partial charge is 0.277 e. The lowest BCUT2D eigenvalue weighted by Gasteiger charge is -2.14. The van der Waals surface area contributed by atoms with E-state index < -0.39 is 24.9 Å². The Morgan fingerprint density at radius 3 is 2.87 bits per heavy atom. The highest BCUT2D eigenvalue weighted by Crippen LogP contribution is 2.08. The maximum absolute atomic E-state index is 12.6. The maximum Gasteiger partial charge on any atom is 0.277 e. The van der Waals surface area contributed by atoms with Gasteiger partial charge in [-0.05, 0) is 10.4 Å². The zero-order chi connectivity index (χ0) is 11.3. The van der Waals surface area contributed by atoms with Gasteiger partial charge in [0, 0.05) is 0 Å². The van der Waals surface area contributed by atoms with Crippen LogP contribution in [0.25, 0.3) is 0 Å². The SMILES string of the molecule is NCC(F)(F)CNC(=O)Cn1cnnn1. The first-order chi connectivity index (χ1) is 7.03.